The molecule has 0 aliphatic heterocycles. The fourth-order valence-electron chi connectivity index (χ4n) is 2.76. The van der Waals surface area contributed by atoms with E-state index in [1.54, 1.807) is 36.2 Å². The van der Waals surface area contributed by atoms with E-state index in [1.165, 1.54) is 11.8 Å². The molecule has 0 aliphatic carbocycles. The highest BCUT2D eigenvalue weighted by Crippen LogP contribution is 2.27. The second-order valence-corrected chi connectivity index (χ2v) is 8.12. The zero-order chi connectivity index (χ0) is 19.8. The van der Waals surface area contributed by atoms with Crippen molar-refractivity contribution in [1.29, 1.82) is 0 Å². The summed E-state index contributed by atoms with van der Waals surface area (Å²) in [6.45, 7) is 3.89. The monoisotopic (exact) mass is 407 g/mol. The minimum absolute atomic E-state index is 0.115. The highest BCUT2D eigenvalue weighted by molar-refractivity contribution is 7.98. The number of aromatic nitrogens is 4. The number of thioether (sulfide) groups is 1. The van der Waals surface area contributed by atoms with E-state index in [0.717, 1.165) is 16.7 Å². The molecular weight excluding hydrogens is 386 g/mol. The third-order valence-electron chi connectivity index (χ3n) is 4.26. The van der Waals surface area contributed by atoms with Crippen molar-refractivity contribution in [3.05, 3.63) is 39.9 Å². The van der Waals surface area contributed by atoms with Gasteiger partial charge in [0.05, 0.1) is 22.8 Å². The molecule has 3 aromatic rings. The average Bonchev–Trinajstić information content (AvgIpc) is 2.85. The number of halogens is 1. The quantitative estimate of drug-likeness (QED) is 0.481. The fourth-order valence-corrected chi connectivity index (χ4v) is 3.24. The van der Waals surface area contributed by atoms with Crippen molar-refractivity contribution in [1.82, 2.24) is 19.1 Å². The summed E-state index contributed by atoms with van der Waals surface area (Å²) in [4.78, 5) is 21.1. The van der Waals surface area contributed by atoms with Crippen molar-refractivity contribution in [3.63, 3.8) is 0 Å². The number of aryl methyl sites for hydroxylation is 2. The van der Waals surface area contributed by atoms with Gasteiger partial charge in [-0.15, -0.1) is 0 Å². The molecule has 0 amide bonds. The zero-order valence-electron chi connectivity index (χ0n) is 15.7. The summed E-state index contributed by atoms with van der Waals surface area (Å²) in [5.74, 6) is 0.511. The standard InChI is InChI=1S/C18H22ClN5O2S/c1-18(2,26)7-8-24-14-9-11(5-6-13(14)23(3)17(24)25)21-15-12(19)10-20-16(22-15)27-4/h5-6,9-10,26H,7-8H2,1-4H3,(H,20,21,22). The number of nitrogens with one attached hydrogen (secondary N) is 1. The van der Waals surface area contributed by atoms with Crippen molar-refractivity contribution in [3.8, 4) is 0 Å². The van der Waals surface area contributed by atoms with Crippen LogP contribution in [0.3, 0.4) is 0 Å². The van der Waals surface area contributed by atoms with E-state index >= 15 is 0 Å². The molecule has 0 saturated carbocycles. The number of rotatable bonds is 6. The summed E-state index contributed by atoms with van der Waals surface area (Å²) < 4.78 is 3.28. The zero-order valence-corrected chi connectivity index (χ0v) is 17.2. The number of nitrogens with zero attached hydrogens (tertiary/aromatic N) is 4. The van der Waals surface area contributed by atoms with Gasteiger partial charge in [-0.2, -0.15) is 0 Å². The number of hydrogen-bond acceptors (Lipinski definition) is 6. The largest absolute Gasteiger partial charge is 0.390 e. The number of benzene rings is 1. The Morgan fingerprint density at radius 2 is 2.07 bits per heavy atom. The Morgan fingerprint density at radius 3 is 2.74 bits per heavy atom. The van der Waals surface area contributed by atoms with E-state index in [4.69, 9.17) is 11.6 Å². The van der Waals surface area contributed by atoms with E-state index in [1.807, 2.05) is 24.5 Å². The molecule has 2 N–H and O–H groups in total. The van der Waals surface area contributed by atoms with Gasteiger partial charge < -0.3 is 10.4 Å². The first kappa shape index (κ1) is 19.7. The Bertz CT molecular complexity index is 1040. The molecule has 0 saturated heterocycles. The van der Waals surface area contributed by atoms with Gasteiger partial charge in [0, 0.05) is 19.3 Å². The lowest BCUT2D eigenvalue weighted by Crippen LogP contribution is -2.27. The first-order chi connectivity index (χ1) is 12.7. The Balaban J connectivity index is 2.00. The Hall–Kier alpha value is -2.03. The molecule has 2 heterocycles. The van der Waals surface area contributed by atoms with Gasteiger partial charge in [-0.05, 0) is 44.7 Å². The Kier molecular flexibility index (Phi) is 5.50. The van der Waals surface area contributed by atoms with Gasteiger partial charge in [0.1, 0.15) is 5.02 Å². The summed E-state index contributed by atoms with van der Waals surface area (Å²) in [7, 11) is 1.74. The smallest absolute Gasteiger partial charge is 0.328 e. The molecular formula is C18H22ClN5O2S. The molecule has 0 bridgehead atoms. The van der Waals surface area contributed by atoms with E-state index < -0.39 is 5.60 Å². The molecule has 0 atom stereocenters. The first-order valence-electron chi connectivity index (χ1n) is 8.45. The van der Waals surface area contributed by atoms with Gasteiger partial charge >= 0.3 is 5.69 Å². The van der Waals surface area contributed by atoms with Gasteiger partial charge in [0.2, 0.25) is 0 Å². The van der Waals surface area contributed by atoms with Crippen LogP contribution in [0.25, 0.3) is 11.0 Å². The predicted molar refractivity (Wildman–Crippen MR) is 110 cm³/mol. The number of aliphatic hydroxyl groups is 1. The lowest BCUT2D eigenvalue weighted by molar-refractivity contribution is 0.0662. The van der Waals surface area contributed by atoms with Crippen molar-refractivity contribution in [2.45, 2.75) is 37.6 Å². The van der Waals surface area contributed by atoms with Crippen LogP contribution in [-0.2, 0) is 13.6 Å². The topological polar surface area (TPSA) is 85.0 Å². The van der Waals surface area contributed by atoms with Gasteiger partial charge in [-0.3, -0.25) is 9.13 Å². The molecule has 27 heavy (non-hydrogen) atoms. The SMILES string of the molecule is CSc1ncc(Cl)c(Nc2ccc3c(c2)n(CCC(C)(C)O)c(=O)n3C)n1. The molecule has 9 heteroatoms. The predicted octanol–water partition coefficient (Wildman–Crippen LogP) is 3.41. The fraction of sp³-hybridized carbons (Fsp3) is 0.389. The van der Waals surface area contributed by atoms with Crippen LogP contribution in [0.1, 0.15) is 20.3 Å². The summed E-state index contributed by atoms with van der Waals surface area (Å²) in [5.41, 5.74) is 1.40. The summed E-state index contributed by atoms with van der Waals surface area (Å²) in [5, 5.41) is 14.2. The van der Waals surface area contributed by atoms with Gasteiger partial charge in [0.15, 0.2) is 11.0 Å². The Labute approximate surface area is 166 Å². The lowest BCUT2D eigenvalue weighted by Gasteiger charge is -2.17. The minimum atomic E-state index is -0.847. The highest BCUT2D eigenvalue weighted by atomic mass is 35.5. The van der Waals surface area contributed by atoms with Crippen molar-refractivity contribution >= 4 is 45.9 Å². The number of fused-ring (bicyclic) bond motifs is 1. The number of imidazole rings is 1. The summed E-state index contributed by atoms with van der Waals surface area (Å²) >= 11 is 7.63. The normalized spacial score (nSPS) is 11.9. The lowest BCUT2D eigenvalue weighted by atomic mass is 10.1. The Morgan fingerprint density at radius 1 is 1.33 bits per heavy atom. The van der Waals surface area contributed by atoms with Crippen LogP contribution in [0.15, 0.2) is 34.3 Å². The van der Waals surface area contributed by atoms with Crippen LogP contribution in [0.5, 0.6) is 0 Å². The summed E-state index contributed by atoms with van der Waals surface area (Å²) in [6, 6.07) is 5.64. The minimum Gasteiger partial charge on any atom is -0.390 e. The molecule has 144 valence electrons. The van der Waals surface area contributed by atoms with E-state index in [-0.39, 0.29) is 5.69 Å². The van der Waals surface area contributed by atoms with Gasteiger partial charge in [-0.1, -0.05) is 23.4 Å². The van der Waals surface area contributed by atoms with Crippen LogP contribution in [0.4, 0.5) is 11.5 Å². The highest BCUT2D eigenvalue weighted by Gasteiger charge is 2.17. The van der Waals surface area contributed by atoms with Gasteiger partial charge in [-0.25, -0.2) is 14.8 Å². The van der Waals surface area contributed by atoms with E-state index in [2.05, 4.69) is 15.3 Å². The number of hydrogen-bond donors (Lipinski definition) is 2. The molecule has 3 rings (SSSR count). The average molecular weight is 408 g/mol. The van der Waals surface area contributed by atoms with E-state index in [9.17, 15) is 9.90 Å². The molecule has 1 aromatic carbocycles. The maximum absolute atomic E-state index is 12.6. The van der Waals surface area contributed by atoms with Crippen LogP contribution in [-0.4, -0.2) is 36.1 Å². The molecule has 0 radical (unpaired) electrons. The molecule has 0 unspecified atom stereocenters. The molecule has 0 spiro atoms. The van der Waals surface area contributed by atoms with Gasteiger partial charge in [0.25, 0.3) is 0 Å². The van der Waals surface area contributed by atoms with Crippen LogP contribution in [0.2, 0.25) is 5.02 Å². The maximum atomic E-state index is 12.6. The third kappa shape index (κ3) is 4.28. The number of anilines is 2. The van der Waals surface area contributed by atoms with E-state index in [0.29, 0.717) is 29.0 Å². The van der Waals surface area contributed by atoms with Crippen molar-refractivity contribution < 1.29 is 5.11 Å². The van der Waals surface area contributed by atoms with Crippen molar-refractivity contribution in [2.24, 2.45) is 7.05 Å². The van der Waals surface area contributed by atoms with Crippen molar-refractivity contribution in [2.75, 3.05) is 11.6 Å². The molecule has 7 nitrogen and oxygen atoms in total. The maximum Gasteiger partial charge on any atom is 0.328 e. The molecule has 0 aliphatic rings. The second kappa shape index (κ2) is 7.53. The first-order valence-corrected chi connectivity index (χ1v) is 10.0. The third-order valence-corrected chi connectivity index (χ3v) is 5.10. The second-order valence-electron chi connectivity index (χ2n) is 6.94. The summed E-state index contributed by atoms with van der Waals surface area (Å²) in [6.07, 6.45) is 3.92. The molecule has 2 aromatic heterocycles. The molecule has 0 fully saturated rings. The van der Waals surface area contributed by atoms with Crippen LogP contribution < -0.4 is 11.0 Å². The van der Waals surface area contributed by atoms with Crippen LogP contribution >= 0.6 is 23.4 Å². The van der Waals surface area contributed by atoms with Crippen LogP contribution in [0, 0.1) is 0 Å².